The first-order valence-corrected chi connectivity index (χ1v) is 7.16. The summed E-state index contributed by atoms with van der Waals surface area (Å²) in [7, 11) is -3.41. The smallest absolute Gasteiger partial charge is 0.182 e. The Kier molecular flexibility index (Phi) is 3.48. The summed E-state index contributed by atoms with van der Waals surface area (Å²) < 4.78 is 37.2. The lowest BCUT2D eigenvalue weighted by atomic mass is 10.2. The molecule has 0 radical (unpaired) electrons. The number of benzene rings is 2. The molecule has 2 aromatic carbocycles. The fourth-order valence-corrected chi connectivity index (χ4v) is 3.01. The Hall–Kier alpha value is -1.68. The van der Waals surface area contributed by atoms with Gasteiger partial charge in [-0.05, 0) is 36.8 Å². The van der Waals surface area contributed by atoms with Crippen LogP contribution >= 0.6 is 0 Å². The largest absolute Gasteiger partial charge is 0.223 e. The van der Waals surface area contributed by atoms with Crippen molar-refractivity contribution in [1.29, 1.82) is 0 Å². The van der Waals surface area contributed by atoms with Crippen LogP contribution in [-0.2, 0) is 15.6 Å². The van der Waals surface area contributed by atoms with Gasteiger partial charge in [0.1, 0.15) is 5.82 Å². The zero-order valence-electron chi connectivity index (χ0n) is 9.93. The van der Waals surface area contributed by atoms with Gasteiger partial charge in [0.2, 0.25) is 0 Å². The van der Waals surface area contributed by atoms with Gasteiger partial charge in [0.25, 0.3) is 0 Å². The third kappa shape index (κ3) is 2.96. The highest BCUT2D eigenvalue weighted by Gasteiger charge is 2.15. The molecule has 0 spiro atoms. The third-order valence-corrected chi connectivity index (χ3v) is 4.33. The van der Waals surface area contributed by atoms with E-state index in [0.29, 0.717) is 5.56 Å². The maximum atomic E-state index is 13.0. The number of sulfone groups is 1. The topological polar surface area (TPSA) is 34.1 Å². The van der Waals surface area contributed by atoms with E-state index in [2.05, 4.69) is 0 Å². The normalized spacial score (nSPS) is 11.4. The minimum absolute atomic E-state index is 0.187. The Morgan fingerprint density at radius 1 is 1.06 bits per heavy atom. The number of hydrogen-bond donors (Lipinski definition) is 0. The summed E-state index contributed by atoms with van der Waals surface area (Å²) >= 11 is 0. The molecule has 2 nitrogen and oxygen atoms in total. The van der Waals surface area contributed by atoms with Gasteiger partial charge in [0, 0.05) is 0 Å². The van der Waals surface area contributed by atoms with Crippen LogP contribution in [0.25, 0.3) is 0 Å². The second-order valence-corrected chi connectivity index (χ2v) is 6.19. The van der Waals surface area contributed by atoms with Crippen molar-refractivity contribution in [3.63, 3.8) is 0 Å². The van der Waals surface area contributed by atoms with Crippen molar-refractivity contribution in [2.24, 2.45) is 0 Å². The number of halogens is 1. The van der Waals surface area contributed by atoms with Gasteiger partial charge in [-0.15, -0.1) is 0 Å². The average molecular weight is 264 g/mol. The molecule has 2 aromatic rings. The van der Waals surface area contributed by atoms with Gasteiger partial charge in [-0.1, -0.05) is 29.8 Å². The van der Waals surface area contributed by atoms with Crippen molar-refractivity contribution in [3.05, 3.63) is 65.5 Å². The second kappa shape index (κ2) is 4.90. The molecule has 2 rings (SSSR count). The number of hydrogen-bond acceptors (Lipinski definition) is 2. The predicted molar refractivity (Wildman–Crippen MR) is 68.5 cm³/mol. The SMILES string of the molecule is Cc1ccc(S(=O)(=O)Cc2cccc(F)c2)cc1. The lowest BCUT2D eigenvalue weighted by Crippen LogP contribution is -2.05. The molecular formula is C14H13FO2S. The lowest BCUT2D eigenvalue weighted by Gasteiger charge is -2.05. The van der Waals surface area contributed by atoms with Gasteiger partial charge in [-0.3, -0.25) is 0 Å². The van der Waals surface area contributed by atoms with E-state index in [1.807, 2.05) is 6.92 Å². The second-order valence-electron chi connectivity index (χ2n) is 4.20. The summed E-state index contributed by atoms with van der Waals surface area (Å²) in [4.78, 5) is 0.261. The molecule has 0 fully saturated rings. The van der Waals surface area contributed by atoms with E-state index in [1.165, 1.54) is 18.2 Å². The Morgan fingerprint density at radius 3 is 2.33 bits per heavy atom. The van der Waals surface area contributed by atoms with Crippen LogP contribution in [0.3, 0.4) is 0 Å². The third-order valence-electron chi connectivity index (χ3n) is 2.63. The zero-order valence-corrected chi connectivity index (χ0v) is 10.7. The molecular weight excluding hydrogens is 251 g/mol. The fourth-order valence-electron chi connectivity index (χ4n) is 1.68. The van der Waals surface area contributed by atoms with Crippen LogP contribution in [0, 0.1) is 12.7 Å². The van der Waals surface area contributed by atoms with Crippen LogP contribution in [0.4, 0.5) is 4.39 Å². The quantitative estimate of drug-likeness (QED) is 0.853. The monoisotopic (exact) mass is 264 g/mol. The van der Waals surface area contributed by atoms with Crippen LogP contribution in [0.2, 0.25) is 0 Å². The fraction of sp³-hybridized carbons (Fsp3) is 0.143. The molecule has 0 saturated heterocycles. The molecule has 0 heterocycles. The minimum atomic E-state index is -3.41. The molecule has 0 N–H and O–H groups in total. The molecule has 18 heavy (non-hydrogen) atoms. The van der Waals surface area contributed by atoms with E-state index in [4.69, 9.17) is 0 Å². The van der Waals surface area contributed by atoms with E-state index >= 15 is 0 Å². The van der Waals surface area contributed by atoms with E-state index in [1.54, 1.807) is 30.3 Å². The van der Waals surface area contributed by atoms with Gasteiger partial charge in [0.15, 0.2) is 9.84 Å². The summed E-state index contributed by atoms with van der Waals surface area (Å²) in [6.07, 6.45) is 0. The van der Waals surface area contributed by atoms with Gasteiger partial charge in [0.05, 0.1) is 10.6 Å². The van der Waals surface area contributed by atoms with Gasteiger partial charge in [-0.2, -0.15) is 0 Å². The Balaban J connectivity index is 2.30. The van der Waals surface area contributed by atoms with Crippen LogP contribution in [0.5, 0.6) is 0 Å². The van der Waals surface area contributed by atoms with Crippen LogP contribution in [-0.4, -0.2) is 8.42 Å². The summed E-state index contributed by atoms with van der Waals surface area (Å²) in [5.41, 5.74) is 1.45. The van der Waals surface area contributed by atoms with E-state index in [-0.39, 0.29) is 10.6 Å². The minimum Gasteiger partial charge on any atom is -0.223 e. The first-order valence-electron chi connectivity index (χ1n) is 5.51. The summed E-state index contributed by atoms with van der Waals surface area (Å²) in [6, 6.07) is 12.3. The Labute approximate surface area is 106 Å². The molecule has 0 amide bonds. The number of rotatable bonds is 3. The summed E-state index contributed by atoms with van der Waals surface area (Å²) in [5.74, 6) is -0.611. The van der Waals surface area contributed by atoms with E-state index in [9.17, 15) is 12.8 Å². The summed E-state index contributed by atoms with van der Waals surface area (Å²) in [5, 5.41) is 0. The Morgan fingerprint density at radius 2 is 1.72 bits per heavy atom. The van der Waals surface area contributed by atoms with Crippen molar-refractivity contribution >= 4 is 9.84 Å². The van der Waals surface area contributed by atoms with Crippen LogP contribution in [0.15, 0.2) is 53.4 Å². The van der Waals surface area contributed by atoms with Crippen LogP contribution < -0.4 is 0 Å². The average Bonchev–Trinajstić information content (AvgIpc) is 2.29. The molecule has 0 aliphatic carbocycles. The molecule has 0 aromatic heterocycles. The molecule has 0 aliphatic rings. The van der Waals surface area contributed by atoms with Crippen LogP contribution in [0.1, 0.15) is 11.1 Å². The number of aryl methyl sites for hydroxylation is 1. The first-order chi connectivity index (χ1) is 8.47. The van der Waals surface area contributed by atoms with Gasteiger partial charge in [-0.25, -0.2) is 12.8 Å². The molecule has 0 atom stereocenters. The first kappa shape index (κ1) is 12.8. The maximum absolute atomic E-state index is 13.0. The van der Waals surface area contributed by atoms with E-state index < -0.39 is 15.7 Å². The molecule has 0 unspecified atom stereocenters. The molecule has 0 saturated carbocycles. The maximum Gasteiger partial charge on any atom is 0.182 e. The van der Waals surface area contributed by atoms with Crippen molar-refractivity contribution in [1.82, 2.24) is 0 Å². The lowest BCUT2D eigenvalue weighted by molar-refractivity contribution is 0.594. The van der Waals surface area contributed by atoms with Gasteiger partial charge < -0.3 is 0 Å². The zero-order chi connectivity index (χ0) is 13.2. The molecule has 0 bridgehead atoms. The van der Waals surface area contributed by atoms with Crippen molar-refractivity contribution < 1.29 is 12.8 Å². The summed E-state index contributed by atoms with van der Waals surface area (Å²) in [6.45, 7) is 1.89. The van der Waals surface area contributed by atoms with Crippen molar-refractivity contribution in [2.75, 3.05) is 0 Å². The predicted octanol–water partition coefficient (Wildman–Crippen LogP) is 3.11. The Bertz CT molecular complexity index is 646. The standard InChI is InChI=1S/C14H13FO2S/c1-11-5-7-14(8-6-11)18(16,17)10-12-3-2-4-13(15)9-12/h2-9H,10H2,1H3. The van der Waals surface area contributed by atoms with Crippen molar-refractivity contribution in [3.8, 4) is 0 Å². The van der Waals surface area contributed by atoms with Crippen molar-refractivity contribution in [2.45, 2.75) is 17.6 Å². The van der Waals surface area contributed by atoms with E-state index in [0.717, 1.165) is 5.56 Å². The van der Waals surface area contributed by atoms with Gasteiger partial charge >= 0.3 is 0 Å². The molecule has 4 heteroatoms. The highest BCUT2D eigenvalue weighted by Crippen LogP contribution is 2.17. The molecule has 0 aliphatic heterocycles. The highest BCUT2D eigenvalue weighted by molar-refractivity contribution is 7.90. The highest BCUT2D eigenvalue weighted by atomic mass is 32.2. The molecule has 94 valence electrons.